The molecule has 0 aromatic heterocycles. The van der Waals surface area contributed by atoms with E-state index in [2.05, 4.69) is 6.58 Å². The maximum absolute atomic E-state index is 12.4. The van der Waals surface area contributed by atoms with Crippen LogP contribution in [-0.4, -0.2) is 17.7 Å². The van der Waals surface area contributed by atoms with E-state index in [1.54, 1.807) is 13.0 Å². The smallest absolute Gasteiger partial charge is 0.312 e. The molecular weight excluding hydrogens is 264 g/mol. The Morgan fingerprint density at radius 1 is 1.38 bits per heavy atom. The topological polar surface area (TPSA) is 46.5 Å². The van der Waals surface area contributed by atoms with Crippen molar-refractivity contribution in [1.29, 1.82) is 0 Å². The van der Waals surface area contributed by atoms with Crippen LogP contribution in [0.4, 0.5) is 0 Å². The van der Waals surface area contributed by atoms with Crippen molar-refractivity contribution >= 4 is 5.97 Å². The van der Waals surface area contributed by atoms with Gasteiger partial charge in [0.05, 0.1) is 18.1 Å². The molecule has 0 saturated heterocycles. The molecule has 3 heteroatoms. The van der Waals surface area contributed by atoms with Crippen molar-refractivity contribution in [2.24, 2.45) is 5.41 Å². The van der Waals surface area contributed by atoms with Crippen LogP contribution in [0, 0.1) is 5.41 Å². The first-order valence-electron chi connectivity index (χ1n) is 7.60. The zero-order valence-corrected chi connectivity index (χ0v) is 13.0. The summed E-state index contributed by atoms with van der Waals surface area (Å²) in [7, 11) is 0. The van der Waals surface area contributed by atoms with Crippen LogP contribution >= 0.6 is 0 Å². The third-order valence-corrected chi connectivity index (χ3v) is 3.74. The number of aliphatic hydroxyl groups is 1. The molecule has 0 fully saturated rings. The Morgan fingerprint density at radius 2 is 2.05 bits per heavy atom. The Hall–Kier alpha value is -1.61. The van der Waals surface area contributed by atoms with Crippen LogP contribution in [0.1, 0.15) is 51.2 Å². The zero-order valence-electron chi connectivity index (χ0n) is 13.0. The van der Waals surface area contributed by atoms with Crippen LogP contribution < -0.4 is 0 Å². The Bertz CT molecular complexity index is 441. The first-order chi connectivity index (χ1) is 10.1. The molecule has 0 aliphatic rings. The Balaban J connectivity index is 2.99. The molecule has 1 rings (SSSR count). The van der Waals surface area contributed by atoms with Gasteiger partial charge in [-0.1, -0.05) is 49.8 Å². The quantitative estimate of drug-likeness (QED) is 0.551. The number of hydrogen-bond acceptors (Lipinski definition) is 3. The average Bonchev–Trinajstić information content (AvgIpc) is 2.48. The number of ether oxygens (including phenoxy) is 1. The lowest BCUT2D eigenvalue weighted by Gasteiger charge is -2.32. The fourth-order valence-electron chi connectivity index (χ4n) is 2.76. The van der Waals surface area contributed by atoms with E-state index in [9.17, 15) is 9.90 Å². The lowest BCUT2D eigenvalue weighted by molar-refractivity contribution is -0.158. The lowest BCUT2D eigenvalue weighted by atomic mass is 9.74. The summed E-state index contributed by atoms with van der Waals surface area (Å²) in [5, 5.41) is 10.5. The van der Waals surface area contributed by atoms with E-state index < -0.39 is 11.5 Å². The first kappa shape index (κ1) is 17.4. The molecule has 1 aromatic carbocycles. The van der Waals surface area contributed by atoms with Crippen molar-refractivity contribution in [3.8, 4) is 0 Å². The van der Waals surface area contributed by atoms with Gasteiger partial charge >= 0.3 is 5.97 Å². The number of hydrogen-bond donors (Lipinski definition) is 1. The molecule has 0 unspecified atom stereocenters. The Labute approximate surface area is 127 Å². The average molecular weight is 290 g/mol. The van der Waals surface area contributed by atoms with Gasteiger partial charge in [-0.3, -0.25) is 4.79 Å². The maximum Gasteiger partial charge on any atom is 0.312 e. The highest BCUT2D eigenvalue weighted by molar-refractivity contribution is 5.77. The molecule has 0 heterocycles. The molecule has 0 radical (unpaired) electrons. The largest absolute Gasteiger partial charge is 0.466 e. The van der Waals surface area contributed by atoms with E-state index >= 15 is 0 Å². The second-order valence-corrected chi connectivity index (χ2v) is 5.37. The fraction of sp³-hybridized carbons (Fsp3) is 0.500. The van der Waals surface area contributed by atoms with E-state index in [4.69, 9.17) is 4.74 Å². The molecule has 116 valence electrons. The van der Waals surface area contributed by atoms with Gasteiger partial charge < -0.3 is 9.84 Å². The molecule has 3 nitrogen and oxygen atoms in total. The normalized spacial score (nSPS) is 15.0. The lowest BCUT2D eigenvalue weighted by Crippen LogP contribution is -2.34. The van der Waals surface area contributed by atoms with Crippen LogP contribution in [0.2, 0.25) is 0 Å². The van der Waals surface area contributed by atoms with Gasteiger partial charge in [0, 0.05) is 0 Å². The fourth-order valence-corrected chi connectivity index (χ4v) is 2.76. The summed E-state index contributed by atoms with van der Waals surface area (Å²) in [6, 6.07) is 9.43. The highest BCUT2D eigenvalue weighted by atomic mass is 16.5. The number of carbonyl (C=O) groups is 1. The van der Waals surface area contributed by atoms with Crippen LogP contribution in [0.25, 0.3) is 0 Å². The summed E-state index contributed by atoms with van der Waals surface area (Å²) in [6.07, 6.45) is 3.47. The van der Waals surface area contributed by atoms with Gasteiger partial charge in [0.1, 0.15) is 0 Å². The number of esters is 1. The number of benzene rings is 1. The number of rotatable bonds is 9. The highest BCUT2D eigenvalue weighted by Crippen LogP contribution is 2.39. The molecule has 2 atom stereocenters. The van der Waals surface area contributed by atoms with Crippen molar-refractivity contribution in [2.45, 2.75) is 45.6 Å². The SMILES string of the molecule is C=CC[C@@](CCC)(C[C@@H](O)c1ccccc1)C(=O)OCC. The molecule has 0 aliphatic carbocycles. The molecule has 0 amide bonds. The standard InChI is InChI=1S/C18H26O3/c1-4-12-18(13-5-2,17(20)21-6-3)14-16(19)15-10-8-7-9-11-15/h4,7-11,16,19H,1,5-6,12-14H2,2-3H3/t16-,18-/m1/s1. The first-order valence-corrected chi connectivity index (χ1v) is 7.60. The molecule has 21 heavy (non-hydrogen) atoms. The number of aliphatic hydroxyl groups excluding tert-OH is 1. The van der Waals surface area contributed by atoms with Crippen molar-refractivity contribution in [1.82, 2.24) is 0 Å². The van der Waals surface area contributed by atoms with Gasteiger partial charge in [0.25, 0.3) is 0 Å². The van der Waals surface area contributed by atoms with Gasteiger partial charge in [-0.2, -0.15) is 0 Å². The molecule has 1 N–H and O–H groups in total. The second-order valence-electron chi connectivity index (χ2n) is 5.37. The summed E-state index contributed by atoms with van der Waals surface area (Å²) in [6.45, 7) is 7.95. The van der Waals surface area contributed by atoms with Crippen LogP contribution in [0.5, 0.6) is 0 Å². The molecule has 1 aromatic rings. The van der Waals surface area contributed by atoms with Gasteiger partial charge in [0.15, 0.2) is 0 Å². The second kappa shape index (κ2) is 8.63. The van der Waals surface area contributed by atoms with Crippen molar-refractivity contribution in [3.05, 3.63) is 48.6 Å². The zero-order chi connectivity index (χ0) is 15.7. The molecule has 0 bridgehead atoms. The third-order valence-electron chi connectivity index (χ3n) is 3.74. The minimum absolute atomic E-state index is 0.235. The van der Waals surface area contributed by atoms with Crippen LogP contribution in [-0.2, 0) is 9.53 Å². The van der Waals surface area contributed by atoms with Crippen LogP contribution in [0.3, 0.4) is 0 Å². The Kier molecular flexibility index (Phi) is 7.17. The maximum atomic E-state index is 12.4. The monoisotopic (exact) mass is 290 g/mol. The molecule has 0 spiro atoms. The van der Waals surface area contributed by atoms with Crippen molar-refractivity contribution in [2.75, 3.05) is 6.61 Å². The Morgan fingerprint density at radius 3 is 2.57 bits per heavy atom. The molecule has 0 saturated carbocycles. The number of carbonyl (C=O) groups excluding carboxylic acids is 1. The minimum atomic E-state index is -0.693. The van der Waals surface area contributed by atoms with E-state index in [0.29, 0.717) is 25.9 Å². The van der Waals surface area contributed by atoms with Crippen LogP contribution in [0.15, 0.2) is 43.0 Å². The summed E-state index contributed by atoms with van der Waals surface area (Å²) >= 11 is 0. The molecular formula is C18H26O3. The van der Waals surface area contributed by atoms with Crippen molar-refractivity contribution in [3.63, 3.8) is 0 Å². The van der Waals surface area contributed by atoms with E-state index in [1.807, 2.05) is 37.3 Å². The summed E-state index contributed by atoms with van der Waals surface area (Å²) < 4.78 is 5.25. The van der Waals surface area contributed by atoms with E-state index in [0.717, 1.165) is 12.0 Å². The summed E-state index contributed by atoms with van der Waals surface area (Å²) in [5.41, 5.74) is 0.133. The number of allylic oxidation sites excluding steroid dienone is 1. The van der Waals surface area contributed by atoms with Gasteiger partial charge in [-0.15, -0.1) is 6.58 Å². The highest BCUT2D eigenvalue weighted by Gasteiger charge is 2.40. The predicted molar refractivity (Wildman–Crippen MR) is 84.8 cm³/mol. The van der Waals surface area contributed by atoms with E-state index in [-0.39, 0.29) is 5.97 Å². The molecule has 0 aliphatic heterocycles. The van der Waals surface area contributed by atoms with Gasteiger partial charge in [-0.25, -0.2) is 0 Å². The van der Waals surface area contributed by atoms with Gasteiger partial charge in [-0.05, 0) is 31.7 Å². The minimum Gasteiger partial charge on any atom is -0.466 e. The van der Waals surface area contributed by atoms with Crippen molar-refractivity contribution < 1.29 is 14.6 Å². The third kappa shape index (κ3) is 4.71. The van der Waals surface area contributed by atoms with Gasteiger partial charge in [0.2, 0.25) is 0 Å². The summed E-state index contributed by atoms with van der Waals surface area (Å²) in [5.74, 6) is -0.235. The summed E-state index contributed by atoms with van der Waals surface area (Å²) in [4.78, 5) is 12.4. The van der Waals surface area contributed by atoms with E-state index in [1.165, 1.54) is 0 Å². The predicted octanol–water partition coefficient (Wildman–Crippen LogP) is 4.04.